The third-order valence-corrected chi connectivity index (χ3v) is 12.8. The number of aromatic amines is 1. The van der Waals surface area contributed by atoms with Crippen LogP contribution in [-0.4, -0.2) is 50.8 Å². The molecule has 4 aliphatic rings. The standard InChI is InChI=1S/C46H36F3N5O6/c1-22(2)36-42-53-38-39(60-42)45-29-12-6-11-27(26-10-7-13-31-35(26)28(19-50-31)33-20-51-41(38)58-33)37(29)54-43(45)59-32-15-14-23(17-30(32)45)16-24(40(57)52-36)18-34(56)44(21-55,46(47,48)49)25-8-4-3-5-9-25/h3-15,17,19-20,22,24,36,43,50,54-55H,16,18,21H2,1-2H3,(H,52,57)/t24?,36-,43?,44-,45-/m0/s1. The molecule has 4 N–H and O–H groups in total. The summed E-state index contributed by atoms with van der Waals surface area (Å²) in [6, 6.07) is 23.2. The van der Waals surface area contributed by atoms with Crippen LogP contribution >= 0.6 is 0 Å². The summed E-state index contributed by atoms with van der Waals surface area (Å²) in [7, 11) is 0. The fourth-order valence-corrected chi connectivity index (χ4v) is 9.84. The highest BCUT2D eigenvalue weighted by Crippen LogP contribution is 2.61. The van der Waals surface area contributed by atoms with E-state index in [0.717, 1.165) is 38.8 Å². The summed E-state index contributed by atoms with van der Waals surface area (Å²) in [6.45, 7) is 2.19. The van der Waals surface area contributed by atoms with E-state index in [1.807, 2.05) is 56.4 Å². The molecule has 302 valence electrons. The summed E-state index contributed by atoms with van der Waals surface area (Å²) in [4.78, 5) is 42.0. The topological polar surface area (TPSA) is 156 Å². The SMILES string of the molecule is CC(C)[C@@H]1NC(=O)C(CC(=O)[C@](CO)(c2ccccc2)C(F)(F)F)Cc2ccc3c(c2)[C@]24c5cccc(c5NC2O3)-c2cccc3[nH]cc(c23)-c2cnc(o2)-c2nc1oc24. The van der Waals surface area contributed by atoms with Crippen molar-refractivity contribution in [3.63, 3.8) is 0 Å². The number of carbonyl (C=O) groups excluding carboxylic acids is 2. The van der Waals surface area contributed by atoms with Gasteiger partial charge in [0.25, 0.3) is 0 Å². The van der Waals surface area contributed by atoms with Crippen LogP contribution < -0.4 is 15.4 Å². The normalized spacial score (nSPS) is 21.9. The van der Waals surface area contributed by atoms with Crippen molar-refractivity contribution in [2.75, 3.05) is 11.9 Å². The summed E-state index contributed by atoms with van der Waals surface area (Å²) in [5.41, 5.74) is 1.80. The van der Waals surface area contributed by atoms with E-state index >= 15 is 13.2 Å². The van der Waals surface area contributed by atoms with Crippen LogP contribution in [0.2, 0.25) is 0 Å². The molecule has 0 radical (unpaired) electrons. The van der Waals surface area contributed by atoms with Gasteiger partial charge in [-0.1, -0.05) is 86.6 Å². The van der Waals surface area contributed by atoms with Crippen molar-refractivity contribution in [2.24, 2.45) is 11.8 Å². The van der Waals surface area contributed by atoms with Crippen LogP contribution in [0, 0.1) is 11.8 Å². The molecule has 60 heavy (non-hydrogen) atoms. The zero-order chi connectivity index (χ0) is 41.3. The number of ether oxygens (including phenoxy) is 1. The molecule has 1 spiro atoms. The lowest BCUT2D eigenvalue weighted by molar-refractivity contribution is -0.202. The number of H-pyrrole nitrogens is 1. The molecule has 5 atom stereocenters. The van der Waals surface area contributed by atoms with Gasteiger partial charge in [0.1, 0.15) is 17.2 Å². The first-order valence-corrected chi connectivity index (χ1v) is 19.8. The third-order valence-electron chi connectivity index (χ3n) is 12.8. The minimum atomic E-state index is -5.17. The first kappa shape index (κ1) is 36.4. The number of benzene rings is 4. The average molecular weight is 812 g/mol. The smallest absolute Gasteiger partial charge is 0.407 e. The van der Waals surface area contributed by atoms with Gasteiger partial charge in [0.2, 0.25) is 17.7 Å². The van der Waals surface area contributed by atoms with Gasteiger partial charge in [0.05, 0.1) is 12.8 Å². The Morgan fingerprint density at radius 1 is 0.950 bits per heavy atom. The highest BCUT2D eigenvalue weighted by molar-refractivity contribution is 6.07. The lowest BCUT2D eigenvalue weighted by atomic mass is 9.71. The van der Waals surface area contributed by atoms with Gasteiger partial charge in [-0.15, -0.1) is 0 Å². The minimum Gasteiger partial charge on any atom is -0.469 e. The largest absolute Gasteiger partial charge is 0.469 e. The van der Waals surface area contributed by atoms with E-state index in [1.54, 1.807) is 18.3 Å². The number of fused-ring (bicyclic) bond motifs is 7. The molecule has 0 saturated heterocycles. The van der Waals surface area contributed by atoms with Crippen LogP contribution in [-0.2, 0) is 26.8 Å². The Balaban J connectivity index is 1.15. The van der Waals surface area contributed by atoms with Crippen molar-refractivity contribution in [2.45, 2.75) is 56.0 Å². The van der Waals surface area contributed by atoms with E-state index < -0.39 is 65.5 Å². The first-order chi connectivity index (χ1) is 28.9. The number of ketones is 1. The van der Waals surface area contributed by atoms with Crippen molar-refractivity contribution in [1.82, 2.24) is 20.3 Å². The number of aliphatic hydroxyl groups excluding tert-OH is 1. The second-order valence-electron chi connectivity index (χ2n) is 16.4. The van der Waals surface area contributed by atoms with Gasteiger partial charge in [0.15, 0.2) is 34.6 Å². The number of aliphatic hydroxyl groups is 1. The Hall–Kier alpha value is -6.67. The highest BCUT2D eigenvalue weighted by atomic mass is 19.4. The Morgan fingerprint density at radius 3 is 2.53 bits per heavy atom. The molecule has 0 fully saturated rings. The van der Waals surface area contributed by atoms with Crippen LogP contribution in [0.4, 0.5) is 18.9 Å². The third kappa shape index (κ3) is 4.81. The minimum absolute atomic E-state index is 0.106. The maximum absolute atomic E-state index is 15.1. The second-order valence-corrected chi connectivity index (χ2v) is 16.4. The molecule has 11 nitrogen and oxygen atoms in total. The van der Waals surface area contributed by atoms with E-state index in [2.05, 4.69) is 21.7 Å². The molecule has 4 aliphatic heterocycles. The molecular weight excluding hydrogens is 776 g/mol. The van der Waals surface area contributed by atoms with Crippen molar-refractivity contribution in [1.29, 1.82) is 0 Å². The van der Waals surface area contributed by atoms with Gasteiger partial charge in [-0.2, -0.15) is 13.2 Å². The van der Waals surface area contributed by atoms with Gasteiger partial charge < -0.3 is 34.3 Å². The number of para-hydroxylation sites is 1. The molecule has 0 saturated carbocycles. The van der Waals surface area contributed by atoms with Crippen molar-refractivity contribution in [3.8, 4) is 39.8 Å². The van der Waals surface area contributed by atoms with Crippen molar-refractivity contribution < 1.29 is 41.4 Å². The maximum Gasteiger partial charge on any atom is 0.407 e. The Morgan fingerprint density at radius 2 is 1.75 bits per heavy atom. The molecule has 1 amide bonds. The first-order valence-electron chi connectivity index (χ1n) is 19.8. The fraction of sp³-hybridized carbons (Fsp3) is 0.261. The number of carbonyl (C=O) groups is 2. The van der Waals surface area contributed by atoms with Crippen LogP contribution in [0.5, 0.6) is 5.75 Å². The zero-order valence-electron chi connectivity index (χ0n) is 32.2. The molecule has 0 aliphatic carbocycles. The highest BCUT2D eigenvalue weighted by Gasteiger charge is 2.63. The van der Waals surface area contributed by atoms with Gasteiger partial charge in [-0.3, -0.25) is 9.59 Å². The van der Waals surface area contributed by atoms with E-state index in [-0.39, 0.29) is 29.8 Å². The molecule has 3 aromatic heterocycles. The number of hydrogen-bond acceptors (Lipinski definition) is 9. The van der Waals surface area contributed by atoms with Crippen molar-refractivity contribution >= 4 is 28.3 Å². The van der Waals surface area contributed by atoms with Gasteiger partial charge >= 0.3 is 6.18 Å². The maximum atomic E-state index is 15.1. The Bertz CT molecular complexity index is 2920. The summed E-state index contributed by atoms with van der Waals surface area (Å²) < 4.78 is 65.7. The summed E-state index contributed by atoms with van der Waals surface area (Å²) in [5, 5.41) is 18.1. The van der Waals surface area contributed by atoms with Crippen LogP contribution in [0.1, 0.15) is 60.2 Å². The molecule has 4 aromatic carbocycles. The fourth-order valence-electron chi connectivity index (χ4n) is 9.84. The predicted molar refractivity (Wildman–Crippen MR) is 213 cm³/mol. The number of rotatable bonds is 6. The molecule has 10 bridgehead atoms. The van der Waals surface area contributed by atoms with Crippen molar-refractivity contribution in [3.05, 3.63) is 131 Å². The number of halogens is 3. The van der Waals surface area contributed by atoms with Crippen LogP contribution in [0.25, 0.3) is 44.9 Å². The average Bonchev–Trinajstić information content (AvgIpc) is 4.06. The predicted octanol–water partition coefficient (Wildman–Crippen LogP) is 8.37. The van der Waals surface area contributed by atoms with Crippen LogP contribution in [0.15, 0.2) is 106 Å². The molecule has 2 unspecified atom stereocenters. The number of anilines is 1. The summed E-state index contributed by atoms with van der Waals surface area (Å²) >= 11 is 0. The van der Waals surface area contributed by atoms with Gasteiger partial charge in [-0.25, -0.2) is 9.97 Å². The number of hydrogen-bond donors (Lipinski definition) is 4. The molecule has 7 aromatic rings. The number of alkyl halides is 3. The Labute approximate surface area is 340 Å². The molecule has 14 heteroatoms. The lowest BCUT2D eigenvalue weighted by Crippen LogP contribution is -2.53. The zero-order valence-corrected chi connectivity index (χ0v) is 32.2. The van der Waals surface area contributed by atoms with Gasteiger partial charge in [-0.05, 0) is 41.2 Å². The van der Waals surface area contributed by atoms with E-state index in [4.69, 9.17) is 23.5 Å². The summed E-state index contributed by atoms with van der Waals surface area (Å²) in [6.07, 6.45) is -3.34. The quantitative estimate of drug-likeness (QED) is 0.130. The monoisotopic (exact) mass is 811 g/mol. The molecule has 7 heterocycles. The lowest BCUT2D eigenvalue weighted by Gasteiger charge is -2.34. The summed E-state index contributed by atoms with van der Waals surface area (Å²) in [5.74, 6) is -1.98. The number of aromatic nitrogens is 3. The van der Waals surface area contributed by atoms with Crippen LogP contribution in [0.3, 0.4) is 0 Å². The number of Topliss-reactive ketones (excluding diaryl/α,β-unsaturated/α-hetero) is 1. The number of nitrogens with one attached hydrogen (secondary N) is 3. The molecule has 11 rings (SSSR count). The molecular formula is C46H36F3N5O6. The second kappa shape index (κ2) is 12.7. The number of amides is 1. The van der Waals surface area contributed by atoms with E-state index in [0.29, 0.717) is 28.4 Å². The number of oxazole rings is 2. The van der Waals surface area contributed by atoms with Gasteiger partial charge in [0, 0.05) is 57.4 Å². The number of nitrogens with zero attached hydrogens (tertiary/aromatic N) is 2. The van der Waals surface area contributed by atoms with E-state index in [1.165, 1.54) is 30.3 Å². The van der Waals surface area contributed by atoms with E-state index in [9.17, 15) is 14.7 Å². The Kier molecular flexibility index (Phi) is 7.69.